The zero-order valence-corrected chi connectivity index (χ0v) is 22.3. The summed E-state index contributed by atoms with van der Waals surface area (Å²) in [5.41, 5.74) is 11.6. The van der Waals surface area contributed by atoms with Crippen molar-refractivity contribution < 1.29 is 9.13 Å². The number of nitrogens with zero attached hydrogens (tertiary/aromatic N) is 6. The number of hydrogen-bond acceptors (Lipinski definition) is 1. The number of benzene rings is 3. The quantitative estimate of drug-likeness (QED) is 0.302. The van der Waals surface area contributed by atoms with E-state index < -0.39 is 0 Å². The molecule has 0 radical (unpaired) electrons. The number of imidazole rings is 3. The third kappa shape index (κ3) is 3.03. The number of pyridine rings is 1. The molecule has 0 saturated carbocycles. The minimum atomic E-state index is 0.932. The van der Waals surface area contributed by atoms with Gasteiger partial charge >= 0.3 is 5.82 Å². The molecule has 0 aliphatic carbocycles. The highest BCUT2D eigenvalue weighted by Gasteiger charge is 2.34. The number of rotatable bonds is 3. The SMILES string of the molecule is Cc1cccc(C)c1-n1c(-c2cccc(-c3cn4c5ccccc5nc4n3C)[n+]2C)[n+](C)c2ccccc21. The van der Waals surface area contributed by atoms with Gasteiger partial charge in [-0.2, -0.15) is 9.13 Å². The first kappa shape index (κ1) is 22.5. The standard InChI is InChI=1S/C32H30N6/c1-21-12-10-13-22(2)30(21)38-27-17-9-8-16-25(27)35(4)31(38)28-19-11-18-26(34(28)3)29-20-37-24-15-7-6-14-23(24)33-32(37)36(29)5/h6-20H,1-5H3/q+2. The van der Waals surface area contributed by atoms with Crippen molar-refractivity contribution in [2.75, 3.05) is 0 Å². The lowest BCUT2D eigenvalue weighted by molar-refractivity contribution is -0.673. The van der Waals surface area contributed by atoms with Crippen LogP contribution in [0.2, 0.25) is 0 Å². The van der Waals surface area contributed by atoms with Crippen LogP contribution in [0.3, 0.4) is 0 Å². The van der Waals surface area contributed by atoms with E-state index in [9.17, 15) is 0 Å². The summed E-state index contributed by atoms with van der Waals surface area (Å²) >= 11 is 0. The number of aryl methyl sites for hydroxylation is 4. The predicted octanol–water partition coefficient (Wildman–Crippen LogP) is 5.37. The molecule has 0 aliphatic heterocycles. The summed E-state index contributed by atoms with van der Waals surface area (Å²) in [7, 11) is 6.42. The van der Waals surface area contributed by atoms with Gasteiger partial charge in [0.1, 0.15) is 18.4 Å². The third-order valence-corrected chi connectivity index (χ3v) is 7.89. The Bertz CT molecular complexity index is 2010. The lowest BCUT2D eigenvalue weighted by Gasteiger charge is -2.09. The summed E-state index contributed by atoms with van der Waals surface area (Å²) < 4.78 is 11.4. The second-order valence-electron chi connectivity index (χ2n) is 10.1. The first-order chi connectivity index (χ1) is 18.5. The average molecular weight is 499 g/mol. The molecule has 7 rings (SSSR count). The Morgan fingerprint density at radius 1 is 0.684 bits per heavy atom. The maximum absolute atomic E-state index is 4.90. The van der Waals surface area contributed by atoms with Crippen molar-refractivity contribution in [3.63, 3.8) is 0 Å². The van der Waals surface area contributed by atoms with E-state index in [1.807, 2.05) is 6.07 Å². The lowest BCUT2D eigenvalue weighted by Crippen LogP contribution is -2.40. The predicted molar refractivity (Wildman–Crippen MR) is 151 cm³/mol. The van der Waals surface area contributed by atoms with Crippen LogP contribution in [0.15, 0.2) is 91.1 Å². The molecule has 0 atom stereocenters. The summed E-state index contributed by atoms with van der Waals surface area (Å²) in [5, 5.41) is 0. The Kier molecular flexibility index (Phi) is 4.82. The fourth-order valence-electron chi connectivity index (χ4n) is 6.00. The molecule has 4 heterocycles. The van der Waals surface area contributed by atoms with Crippen LogP contribution < -0.4 is 9.13 Å². The Balaban J connectivity index is 1.52. The molecule has 0 bridgehead atoms. The molecule has 6 heteroatoms. The van der Waals surface area contributed by atoms with E-state index in [1.165, 1.54) is 27.8 Å². The molecule has 3 aromatic carbocycles. The van der Waals surface area contributed by atoms with Crippen LogP contribution in [0.25, 0.3) is 56.4 Å². The van der Waals surface area contributed by atoms with Crippen molar-refractivity contribution in [3.8, 4) is 28.6 Å². The highest BCUT2D eigenvalue weighted by molar-refractivity contribution is 5.81. The van der Waals surface area contributed by atoms with Crippen LogP contribution in [0.5, 0.6) is 0 Å². The summed E-state index contributed by atoms with van der Waals surface area (Å²) in [6.07, 6.45) is 2.20. The average Bonchev–Trinajstić information content (AvgIpc) is 3.54. The Morgan fingerprint density at radius 3 is 2.13 bits per heavy atom. The van der Waals surface area contributed by atoms with Gasteiger partial charge in [-0.3, -0.25) is 4.40 Å². The number of para-hydroxylation sites is 5. The van der Waals surface area contributed by atoms with Crippen molar-refractivity contribution in [2.45, 2.75) is 13.8 Å². The van der Waals surface area contributed by atoms with Gasteiger partial charge in [0.2, 0.25) is 11.5 Å². The molecule has 6 nitrogen and oxygen atoms in total. The number of hydrogen-bond donors (Lipinski definition) is 0. The Morgan fingerprint density at radius 2 is 1.34 bits per heavy atom. The van der Waals surface area contributed by atoms with E-state index in [2.05, 4.69) is 143 Å². The Labute approximate surface area is 221 Å². The smallest absolute Gasteiger partial charge is 0.308 e. The second-order valence-corrected chi connectivity index (χ2v) is 10.1. The van der Waals surface area contributed by atoms with Gasteiger partial charge in [-0.25, -0.2) is 9.55 Å². The van der Waals surface area contributed by atoms with Gasteiger partial charge in [0.15, 0.2) is 11.0 Å². The number of fused-ring (bicyclic) bond motifs is 4. The van der Waals surface area contributed by atoms with Gasteiger partial charge in [-0.05, 0) is 55.3 Å². The fraction of sp³-hybridized carbons (Fsp3) is 0.156. The van der Waals surface area contributed by atoms with Crippen LogP contribution in [0.1, 0.15) is 11.1 Å². The molecule has 0 spiro atoms. The largest absolute Gasteiger partial charge is 0.360 e. The topological polar surface area (TPSA) is 34.9 Å². The molecule has 38 heavy (non-hydrogen) atoms. The number of aromatic nitrogens is 6. The van der Waals surface area contributed by atoms with Crippen molar-refractivity contribution in [1.29, 1.82) is 0 Å². The molecule has 0 saturated heterocycles. The first-order valence-corrected chi connectivity index (χ1v) is 12.9. The van der Waals surface area contributed by atoms with E-state index in [-0.39, 0.29) is 0 Å². The molecule has 0 unspecified atom stereocenters. The molecular formula is C32H30N6+2. The van der Waals surface area contributed by atoms with Crippen molar-refractivity contribution in [3.05, 3.63) is 102 Å². The van der Waals surface area contributed by atoms with E-state index in [0.717, 1.165) is 39.7 Å². The molecule has 186 valence electrons. The zero-order chi connectivity index (χ0) is 26.1. The van der Waals surface area contributed by atoms with Crippen LogP contribution in [0.4, 0.5) is 0 Å². The molecule has 0 aliphatic rings. The second kappa shape index (κ2) is 8.15. The van der Waals surface area contributed by atoms with Crippen LogP contribution in [-0.2, 0) is 21.1 Å². The summed E-state index contributed by atoms with van der Waals surface area (Å²) in [6, 6.07) is 30.0. The summed E-state index contributed by atoms with van der Waals surface area (Å²) in [4.78, 5) is 4.90. The molecule has 0 N–H and O–H groups in total. The van der Waals surface area contributed by atoms with Gasteiger partial charge in [0.05, 0.1) is 18.1 Å². The van der Waals surface area contributed by atoms with Gasteiger partial charge in [0, 0.05) is 25.4 Å². The molecule has 4 aromatic heterocycles. The normalized spacial score (nSPS) is 11.8. The van der Waals surface area contributed by atoms with Crippen molar-refractivity contribution >= 4 is 27.8 Å². The van der Waals surface area contributed by atoms with Gasteiger partial charge in [-0.15, -0.1) is 0 Å². The van der Waals surface area contributed by atoms with E-state index in [1.54, 1.807) is 0 Å². The van der Waals surface area contributed by atoms with Crippen LogP contribution in [0, 0.1) is 13.8 Å². The monoisotopic (exact) mass is 498 g/mol. The van der Waals surface area contributed by atoms with Crippen LogP contribution in [-0.4, -0.2) is 18.5 Å². The van der Waals surface area contributed by atoms with Crippen molar-refractivity contribution in [1.82, 2.24) is 18.5 Å². The van der Waals surface area contributed by atoms with Crippen molar-refractivity contribution in [2.24, 2.45) is 21.1 Å². The molecule has 0 fully saturated rings. The first-order valence-electron chi connectivity index (χ1n) is 12.9. The summed E-state index contributed by atoms with van der Waals surface area (Å²) in [6.45, 7) is 4.39. The zero-order valence-electron chi connectivity index (χ0n) is 22.3. The van der Waals surface area contributed by atoms with Gasteiger partial charge in [-0.1, -0.05) is 42.5 Å². The highest BCUT2D eigenvalue weighted by Crippen LogP contribution is 2.31. The van der Waals surface area contributed by atoms with Crippen LogP contribution >= 0.6 is 0 Å². The maximum Gasteiger partial charge on any atom is 0.360 e. The highest BCUT2D eigenvalue weighted by atomic mass is 15.2. The van der Waals surface area contributed by atoms with Gasteiger partial charge < -0.3 is 4.57 Å². The minimum Gasteiger partial charge on any atom is -0.308 e. The lowest BCUT2D eigenvalue weighted by atomic mass is 10.1. The van der Waals surface area contributed by atoms with E-state index in [4.69, 9.17) is 4.98 Å². The van der Waals surface area contributed by atoms with E-state index >= 15 is 0 Å². The summed E-state index contributed by atoms with van der Waals surface area (Å²) in [5.74, 6) is 2.07. The third-order valence-electron chi connectivity index (χ3n) is 7.89. The Hall–Kier alpha value is -4.71. The minimum absolute atomic E-state index is 0.932. The molecular weight excluding hydrogens is 468 g/mol. The molecule has 0 amide bonds. The fourth-order valence-corrected chi connectivity index (χ4v) is 6.00. The molecule has 7 aromatic rings. The van der Waals surface area contributed by atoms with E-state index in [0.29, 0.717) is 0 Å². The maximum atomic E-state index is 4.90. The van der Waals surface area contributed by atoms with Gasteiger partial charge in [0.25, 0.3) is 5.69 Å².